The van der Waals surface area contributed by atoms with E-state index in [0.717, 1.165) is 25.0 Å². The summed E-state index contributed by atoms with van der Waals surface area (Å²) in [6.45, 7) is 3.64. The van der Waals surface area contributed by atoms with E-state index in [0.29, 0.717) is 11.6 Å². The lowest BCUT2D eigenvalue weighted by molar-refractivity contribution is -0.118. The van der Waals surface area contributed by atoms with Crippen LogP contribution in [0.5, 0.6) is 5.88 Å². The first-order valence-corrected chi connectivity index (χ1v) is 11.1. The van der Waals surface area contributed by atoms with Crippen LogP contribution in [0, 0.1) is 13.8 Å². The quantitative estimate of drug-likeness (QED) is 0.613. The molecule has 2 heterocycles. The topological polar surface area (TPSA) is 101 Å². The van der Waals surface area contributed by atoms with Crippen LogP contribution in [0.15, 0.2) is 29.4 Å². The minimum atomic E-state index is -3.74. The first-order valence-electron chi connectivity index (χ1n) is 8.46. The van der Waals surface area contributed by atoms with Gasteiger partial charge in [-0.15, -0.1) is 11.3 Å². The van der Waals surface area contributed by atoms with Crippen LogP contribution in [0.4, 0.5) is 5.69 Å². The third-order valence-corrected chi connectivity index (χ3v) is 7.66. The molecule has 0 unspecified atom stereocenters. The van der Waals surface area contributed by atoms with E-state index in [1.807, 2.05) is 13.8 Å². The van der Waals surface area contributed by atoms with Gasteiger partial charge < -0.3 is 10.1 Å². The number of hydrogen-bond donors (Lipinski definition) is 1. The summed E-state index contributed by atoms with van der Waals surface area (Å²) in [5, 5.41) is 3.47. The number of sulfonamides is 1. The number of nitrogens with one attached hydrogen (secondary N) is 1. The van der Waals surface area contributed by atoms with Crippen molar-refractivity contribution in [3.05, 3.63) is 40.0 Å². The molecule has 0 saturated heterocycles. The van der Waals surface area contributed by atoms with Crippen molar-refractivity contribution in [1.82, 2.24) is 14.3 Å². The van der Waals surface area contributed by atoms with Crippen LogP contribution in [-0.4, -0.2) is 49.3 Å². The number of carbonyl (C=O) groups is 1. The molecule has 0 saturated carbocycles. The molecule has 0 radical (unpaired) electrons. The highest BCUT2D eigenvalue weighted by molar-refractivity contribution is 7.89. The lowest BCUT2D eigenvalue weighted by Crippen LogP contribution is -2.23. The number of benzene rings is 1. The Bertz CT molecular complexity index is 1190. The van der Waals surface area contributed by atoms with Gasteiger partial charge in [0.1, 0.15) is 16.1 Å². The number of carbonyl (C=O) groups excluding carboxylic acids is 1. The zero-order valence-electron chi connectivity index (χ0n) is 16.2. The molecular weight excluding hydrogens is 436 g/mol. The van der Waals surface area contributed by atoms with E-state index in [2.05, 4.69) is 15.3 Å². The number of amides is 1. The van der Waals surface area contributed by atoms with Gasteiger partial charge in [-0.25, -0.2) is 22.7 Å². The van der Waals surface area contributed by atoms with E-state index in [1.165, 1.54) is 50.0 Å². The van der Waals surface area contributed by atoms with Crippen molar-refractivity contribution in [3.8, 4) is 5.88 Å². The average molecular weight is 455 g/mol. The largest absolute Gasteiger partial charge is 0.467 e. The molecule has 29 heavy (non-hydrogen) atoms. The lowest BCUT2D eigenvalue weighted by atomic mass is 10.2. The smallest absolute Gasteiger partial charge is 0.262 e. The number of nitrogens with zero attached hydrogens (tertiary/aromatic N) is 3. The predicted octanol–water partition coefficient (Wildman–Crippen LogP) is 3.23. The number of ether oxygens (including phenoxy) is 1. The Balaban J connectivity index is 1.76. The van der Waals surface area contributed by atoms with Crippen molar-refractivity contribution < 1.29 is 17.9 Å². The highest BCUT2D eigenvalue weighted by atomic mass is 35.5. The maximum absolute atomic E-state index is 12.4. The molecule has 0 aliphatic heterocycles. The third kappa shape index (κ3) is 4.35. The number of fused-ring (bicyclic) bond motifs is 1. The molecular formula is C18H19ClN4O4S2. The molecule has 0 spiro atoms. The predicted molar refractivity (Wildman–Crippen MR) is 113 cm³/mol. The third-order valence-electron chi connectivity index (χ3n) is 4.24. The number of aromatic nitrogens is 2. The Morgan fingerprint density at radius 1 is 1.28 bits per heavy atom. The molecule has 3 rings (SSSR count). The minimum Gasteiger partial charge on any atom is -0.467 e. The number of thiophene rings is 1. The highest BCUT2D eigenvalue weighted by Crippen LogP contribution is 2.33. The molecule has 1 amide bonds. The second-order valence-electron chi connectivity index (χ2n) is 6.41. The van der Waals surface area contributed by atoms with Gasteiger partial charge in [0.25, 0.3) is 5.91 Å². The van der Waals surface area contributed by atoms with Crippen molar-refractivity contribution in [2.75, 3.05) is 26.0 Å². The number of rotatable bonds is 6. The Kier molecular flexibility index (Phi) is 6.08. The lowest BCUT2D eigenvalue weighted by Gasteiger charge is -2.14. The van der Waals surface area contributed by atoms with Crippen LogP contribution in [0.25, 0.3) is 10.2 Å². The fourth-order valence-electron chi connectivity index (χ4n) is 2.57. The fourth-order valence-corrected chi connectivity index (χ4v) is 4.95. The molecule has 3 aromatic rings. The zero-order chi connectivity index (χ0) is 21.3. The molecule has 1 aromatic carbocycles. The SMILES string of the molecule is Cc1sc2ncnc(OCC(=O)Nc3ccc(Cl)c(S(=O)(=O)N(C)C)c3)c2c1C. The first-order chi connectivity index (χ1) is 13.6. The van der Waals surface area contributed by atoms with Crippen LogP contribution in [-0.2, 0) is 14.8 Å². The van der Waals surface area contributed by atoms with Gasteiger partial charge in [-0.05, 0) is 37.6 Å². The average Bonchev–Trinajstić information content (AvgIpc) is 2.96. The van der Waals surface area contributed by atoms with E-state index in [-0.39, 0.29) is 16.5 Å². The summed E-state index contributed by atoms with van der Waals surface area (Å²) in [5.74, 6) is -0.129. The van der Waals surface area contributed by atoms with Gasteiger partial charge in [-0.2, -0.15) is 0 Å². The molecule has 1 N–H and O–H groups in total. The van der Waals surface area contributed by atoms with Crippen LogP contribution < -0.4 is 10.1 Å². The van der Waals surface area contributed by atoms with Gasteiger partial charge >= 0.3 is 0 Å². The summed E-state index contributed by atoms with van der Waals surface area (Å²) in [6.07, 6.45) is 1.39. The molecule has 0 aliphatic rings. The number of aryl methyl sites for hydroxylation is 2. The summed E-state index contributed by atoms with van der Waals surface area (Å²) in [5.41, 5.74) is 1.30. The van der Waals surface area contributed by atoms with Crippen LogP contribution in [0.1, 0.15) is 10.4 Å². The second-order valence-corrected chi connectivity index (χ2v) is 10.1. The molecule has 154 valence electrons. The Hall–Kier alpha value is -2.27. The van der Waals surface area contributed by atoms with E-state index in [4.69, 9.17) is 16.3 Å². The van der Waals surface area contributed by atoms with Crippen LogP contribution >= 0.6 is 22.9 Å². The monoisotopic (exact) mass is 454 g/mol. The second kappa shape index (κ2) is 8.23. The fraction of sp³-hybridized carbons (Fsp3) is 0.278. The van der Waals surface area contributed by atoms with Crippen molar-refractivity contribution in [2.24, 2.45) is 0 Å². The molecule has 2 aromatic heterocycles. The van der Waals surface area contributed by atoms with Gasteiger partial charge in [0, 0.05) is 24.7 Å². The maximum Gasteiger partial charge on any atom is 0.262 e. The van der Waals surface area contributed by atoms with Gasteiger partial charge in [-0.3, -0.25) is 4.79 Å². The maximum atomic E-state index is 12.4. The van der Waals surface area contributed by atoms with E-state index in [1.54, 1.807) is 0 Å². The Morgan fingerprint density at radius 2 is 2.00 bits per heavy atom. The number of halogens is 1. The van der Waals surface area contributed by atoms with E-state index in [9.17, 15) is 13.2 Å². The Labute approximate surface area is 177 Å². The van der Waals surface area contributed by atoms with Gasteiger partial charge in [-0.1, -0.05) is 11.6 Å². The van der Waals surface area contributed by atoms with Crippen molar-refractivity contribution in [1.29, 1.82) is 0 Å². The minimum absolute atomic E-state index is 0.0691. The van der Waals surface area contributed by atoms with Gasteiger partial charge in [0.15, 0.2) is 6.61 Å². The first kappa shape index (κ1) is 21.4. The molecule has 0 aliphatic carbocycles. The Morgan fingerprint density at radius 3 is 2.69 bits per heavy atom. The summed E-state index contributed by atoms with van der Waals surface area (Å²) >= 11 is 7.55. The number of anilines is 1. The van der Waals surface area contributed by atoms with E-state index < -0.39 is 15.9 Å². The summed E-state index contributed by atoms with van der Waals surface area (Å²) in [7, 11) is -0.937. The molecule has 0 bridgehead atoms. The van der Waals surface area contributed by atoms with Gasteiger partial charge in [0.05, 0.1) is 10.4 Å². The van der Waals surface area contributed by atoms with Crippen molar-refractivity contribution in [2.45, 2.75) is 18.7 Å². The van der Waals surface area contributed by atoms with E-state index >= 15 is 0 Å². The van der Waals surface area contributed by atoms with Crippen molar-refractivity contribution >= 4 is 54.8 Å². The summed E-state index contributed by atoms with van der Waals surface area (Å²) in [4.78, 5) is 22.5. The zero-order valence-corrected chi connectivity index (χ0v) is 18.6. The number of hydrogen-bond acceptors (Lipinski definition) is 7. The summed E-state index contributed by atoms with van der Waals surface area (Å²) < 4.78 is 31.3. The molecule has 8 nitrogen and oxygen atoms in total. The normalized spacial score (nSPS) is 11.8. The van der Waals surface area contributed by atoms with Crippen molar-refractivity contribution in [3.63, 3.8) is 0 Å². The molecule has 11 heteroatoms. The molecule has 0 fully saturated rings. The van der Waals surface area contributed by atoms with Gasteiger partial charge in [0.2, 0.25) is 15.9 Å². The van der Waals surface area contributed by atoms with Crippen LogP contribution in [0.3, 0.4) is 0 Å². The molecule has 0 atom stereocenters. The standard InChI is InChI=1S/C18H19ClN4O4S2/c1-10-11(2)28-18-16(10)17(20-9-21-18)27-8-15(24)22-12-5-6-13(19)14(7-12)29(25,26)23(3)4/h5-7,9H,8H2,1-4H3,(H,22,24). The highest BCUT2D eigenvalue weighted by Gasteiger charge is 2.21. The van der Waals surface area contributed by atoms with Crippen LogP contribution in [0.2, 0.25) is 5.02 Å². The summed E-state index contributed by atoms with van der Waals surface area (Å²) in [6, 6.07) is 4.24.